The predicted molar refractivity (Wildman–Crippen MR) is 180 cm³/mol. The highest BCUT2D eigenvalue weighted by atomic mass is 16.6. The number of hydrogen-bond acceptors (Lipinski definition) is 9. The van der Waals surface area contributed by atoms with E-state index in [2.05, 4.69) is 41.5 Å². The highest BCUT2D eigenvalue weighted by Crippen LogP contribution is 2.74. The molecule has 0 radical (unpaired) electrons. The summed E-state index contributed by atoms with van der Waals surface area (Å²) in [7, 11) is 0. The number of aliphatic hydroxyl groups is 2. The van der Waals surface area contributed by atoms with Gasteiger partial charge in [-0.25, -0.2) is 0 Å². The first kappa shape index (κ1) is 37.4. The minimum Gasteiger partial charge on any atom is -0.481 e. The Kier molecular flexibility index (Phi) is 10.4. The third-order valence-corrected chi connectivity index (χ3v) is 14.8. The molecule has 0 aromatic heterocycles. The summed E-state index contributed by atoms with van der Waals surface area (Å²) >= 11 is 0. The molecule has 10 nitrogen and oxygen atoms in total. The summed E-state index contributed by atoms with van der Waals surface area (Å²) in [6.45, 7) is 18.8. The van der Waals surface area contributed by atoms with Gasteiger partial charge in [0.15, 0.2) is 5.78 Å². The van der Waals surface area contributed by atoms with Crippen LogP contribution in [0.1, 0.15) is 87.5 Å². The predicted octanol–water partition coefficient (Wildman–Crippen LogP) is 4.36. The Hall–Kier alpha value is -1.85. The molecule has 3 N–H and O–H groups in total. The summed E-state index contributed by atoms with van der Waals surface area (Å²) in [4.78, 5) is 42.7. The van der Waals surface area contributed by atoms with E-state index >= 15 is 0 Å². The number of nitrogens with zero attached hydrogens (tertiary/aromatic N) is 1. The standard InChI is InChI=1S/C38H61NO9/c1-23(2)24(3)34(5)11-12-36(7)26-9-10-29-35(6)21-46-22-38(29,27(26)19-30(43)37(36,8)31(34)33(44)45)20-28(48-25(4)42)32(35)47-18-15-39(13-16-40)14-17-41/h19,23-24,26,28-29,31-32,40-41H,9-18,20-22H2,1-8H3,(H,44,45)/t24-,26+,28-,29+,31-,32+,34-,35-,36-,37+,38+/m1/s1. The van der Waals surface area contributed by atoms with E-state index in [4.69, 9.17) is 14.2 Å². The molecule has 11 atom stereocenters. The fraction of sp³-hybridized carbons (Fsp3) is 0.868. The summed E-state index contributed by atoms with van der Waals surface area (Å²) < 4.78 is 19.2. The van der Waals surface area contributed by atoms with E-state index in [0.29, 0.717) is 45.9 Å². The lowest BCUT2D eigenvalue weighted by atomic mass is 9.34. The van der Waals surface area contributed by atoms with E-state index in [1.165, 1.54) is 6.92 Å². The number of carboxylic acids is 1. The fourth-order valence-electron chi connectivity index (χ4n) is 11.9. The Morgan fingerprint density at radius 1 is 1.02 bits per heavy atom. The van der Waals surface area contributed by atoms with Gasteiger partial charge in [-0.3, -0.25) is 19.3 Å². The van der Waals surface area contributed by atoms with E-state index in [9.17, 15) is 29.7 Å². The van der Waals surface area contributed by atoms with Crippen LogP contribution in [0.5, 0.6) is 0 Å². The molecule has 4 fully saturated rings. The van der Waals surface area contributed by atoms with Gasteiger partial charge >= 0.3 is 11.9 Å². The number of hydrogen-bond donors (Lipinski definition) is 3. The van der Waals surface area contributed by atoms with E-state index in [1.807, 2.05) is 17.9 Å². The summed E-state index contributed by atoms with van der Waals surface area (Å²) in [6, 6.07) is 0. The number of aliphatic hydroxyl groups excluding tert-OH is 2. The Balaban J connectivity index is 1.55. The van der Waals surface area contributed by atoms with Gasteiger partial charge in [0.2, 0.25) is 0 Å². The SMILES string of the molecule is CC(=O)O[C@@H]1C[C@@]23COC[C@](C)([C@@H]2CC[C@H]2C3=CC(=O)[C@@]3(C)[C@H](C(=O)O)[C@@](C)([C@H](C)C(C)C)CC[C@]23C)[C@H]1OCCN(CCO)CCO. The quantitative estimate of drug-likeness (QED) is 0.256. The van der Waals surface area contributed by atoms with Crippen LogP contribution in [0.4, 0.5) is 0 Å². The first-order valence-corrected chi connectivity index (χ1v) is 18.3. The Morgan fingerprint density at radius 3 is 2.27 bits per heavy atom. The zero-order valence-corrected chi connectivity index (χ0v) is 30.5. The maximum absolute atomic E-state index is 14.8. The molecule has 5 rings (SSSR count). The van der Waals surface area contributed by atoms with Gasteiger partial charge in [0.1, 0.15) is 12.2 Å². The first-order valence-electron chi connectivity index (χ1n) is 18.3. The zero-order chi connectivity index (χ0) is 35.4. The molecule has 2 bridgehead atoms. The number of fused-ring (bicyclic) bond motifs is 3. The number of ketones is 1. The van der Waals surface area contributed by atoms with Gasteiger partial charge in [0.25, 0.3) is 0 Å². The highest BCUT2D eigenvalue weighted by molar-refractivity contribution is 6.00. The van der Waals surface area contributed by atoms with Crippen molar-refractivity contribution in [1.29, 1.82) is 0 Å². The van der Waals surface area contributed by atoms with Gasteiger partial charge < -0.3 is 29.5 Å². The molecule has 1 heterocycles. The lowest BCUT2D eigenvalue weighted by Gasteiger charge is -2.70. The minimum absolute atomic E-state index is 0.00382. The maximum Gasteiger partial charge on any atom is 0.308 e. The van der Waals surface area contributed by atoms with Gasteiger partial charge in [-0.1, -0.05) is 54.0 Å². The first-order chi connectivity index (χ1) is 22.5. The van der Waals surface area contributed by atoms with Crippen molar-refractivity contribution >= 4 is 17.7 Å². The second-order valence-corrected chi connectivity index (χ2v) is 17.2. The third kappa shape index (κ3) is 5.51. The molecule has 48 heavy (non-hydrogen) atoms. The van der Waals surface area contributed by atoms with Crippen LogP contribution >= 0.6 is 0 Å². The van der Waals surface area contributed by atoms with Crippen LogP contribution in [0, 0.1) is 56.7 Å². The van der Waals surface area contributed by atoms with Gasteiger partial charge in [0.05, 0.1) is 39.0 Å². The Bertz CT molecular complexity index is 1280. The average Bonchev–Trinajstić information content (AvgIpc) is 2.99. The van der Waals surface area contributed by atoms with Crippen molar-refractivity contribution in [1.82, 2.24) is 4.90 Å². The van der Waals surface area contributed by atoms with E-state index < -0.39 is 51.2 Å². The lowest BCUT2D eigenvalue weighted by Crippen LogP contribution is -2.71. The van der Waals surface area contributed by atoms with Crippen molar-refractivity contribution in [2.75, 3.05) is 52.7 Å². The van der Waals surface area contributed by atoms with Gasteiger partial charge in [-0.15, -0.1) is 0 Å². The molecule has 0 unspecified atom stereocenters. The number of allylic oxidation sites excluding steroid dienone is 1. The molecule has 10 heteroatoms. The molecule has 272 valence electrons. The van der Waals surface area contributed by atoms with Crippen LogP contribution in [-0.4, -0.2) is 103 Å². The second kappa shape index (κ2) is 13.4. The molecule has 0 aromatic carbocycles. The van der Waals surface area contributed by atoms with Crippen LogP contribution < -0.4 is 0 Å². The lowest BCUT2D eigenvalue weighted by molar-refractivity contribution is -0.266. The molecule has 0 aromatic rings. The van der Waals surface area contributed by atoms with Crippen molar-refractivity contribution in [3.63, 3.8) is 0 Å². The highest BCUT2D eigenvalue weighted by Gasteiger charge is 2.74. The van der Waals surface area contributed by atoms with Crippen molar-refractivity contribution in [3.8, 4) is 0 Å². The smallest absolute Gasteiger partial charge is 0.308 e. The summed E-state index contributed by atoms with van der Waals surface area (Å²) in [5.74, 6) is -1.65. The van der Waals surface area contributed by atoms with Crippen molar-refractivity contribution in [2.24, 2.45) is 56.7 Å². The largest absolute Gasteiger partial charge is 0.481 e. The van der Waals surface area contributed by atoms with Crippen LogP contribution in [0.2, 0.25) is 0 Å². The monoisotopic (exact) mass is 675 g/mol. The summed E-state index contributed by atoms with van der Waals surface area (Å²) in [6.07, 6.45) is 4.55. The Morgan fingerprint density at radius 2 is 1.69 bits per heavy atom. The van der Waals surface area contributed by atoms with Crippen molar-refractivity contribution in [3.05, 3.63) is 11.6 Å². The number of rotatable bonds is 12. The molecule has 4 aliphatic carbocycles. The normalized spacial score (nSPS) is 42.8. The van der Waals surface area contributed by atoms with Crippen LogP contribution in [0.25, 0.3) is 0 Å². The molecule has 0 spiro atoms. The van der Waals surface area contributed by atoms with Gasteiger partial charge in [0, 0.05) is 42.8 Å². The molecule has 5 aliphatic rings. The zero-order valence-electron chi connectivity index (χ0n) is 30.5. The van der Waals surface area contributed by atoms with Gasteiger partial charge in [-0.2, -0.15) is 0 Å². The number of carboxylic acid groups (broad SMARTS) is 1. The molecule has 0 amide bonds. The van der Waals surface area contributed by atoms with E-state index in [-0.39, 0.29) is 48.6 Å². The topological polar surface area (TPSA) is 143 Å². The second-order valence-electron chi connectivity index (χ2n) is 17.2. The average molecular weight is 676 g/mol. The van der Waals surface area contributed by atoms with Gasteiger partial charge in [-0.05, 0) is 72.7 Å². The molecule has 1 aliphatic heterocycles. The molecule has 3 saturated carbocycles. The maximum atomic E-state index is 14.8. The fourth-order valence-corrected chi connectivity index (χ4v) is 11.9. The minimum atomic E-state index is -1.07. The molecular weight excluding hydrogens is 614 g/mol. The molecule has 1 saturated heterocycles. The van der Waals surface area contributed by atoms with Crippen molar-refractivity contribution < 1.29 is 43.9 Å². The summed E-state index contributed by atoms with van der Waals surface area (Å²) in [5.41, 5.74) is -2.15. The number of carbonyl (C=O) groups excluding carboxylic acids is 2. The number of ether oxygens (including phenoxy) is 3. The Labute approximate surface area is 286 Å². The number of esters is 1. The summed E-state index contributed by atoms with van der Waals surface area (Å²) in [5, 5.41) is 29.9. The van der Waals surface area contributed by atoms with Crippen LogP contribution in [0.3, 0.4) is 0 Å². The third-order valence-electron chi connectivity index (χ3n) is 14.8. The number of aliphatic carboxylic acids is 1. The van der Waals surface area contributed by atoms with Crippen LogP contribution in [-0.2, 0) is 28.6 Å². The van der Waals surface area contributed by atoms with E-state index in [1.54, 1.807) is 0 Å². The van der Waals surface area contributed by atoms with E-state index in [0.717, 1.165) is 31.3 Å². The molecular formula is C38H61NO9. The van der Waals surface area contributed by atoms with Crippen molar-refractivity contribution in [2.45, 2.75) is 99.7 Å². The number of carbonyl (C=O) groups is 3. The van der Waals surface area contributed by atoms with Crippen LogP contribution in [0.15, 0.2) is 11.6 Å².